The number of para-hydroxylation sites is 2. The Labute approximate surface area is 115 Å². The Morgan fingerprint density at radius 3 is 2.25 bits per heavy atom. The van der Waals surface area contributed by atoms with Crippen LogP contribution in [0.1, 0.15) is 6.92 Å². The highest BCUT2D eigenvalue weighted by molar-refractivity contribution is 5.94. The van der Waals surface area contributed by atoms with Crippen molar-refractivity contribution >= 4 is 11.6 Å². The molecule has 0 saturated carbocycles. The first-order chi connectivity index (χ1) is 9.58. The fourth-order valence-corrected chi connectivity index (χ4v) is 1.60. The van der Waals surface area contributed by atoms with E-state index in [9.17, 15) is 13.6 Å². The van der Waals surface area contributed by atoms with Crippen LogP contribution in [-0.2, 0) is 4.79 Å². The predicted octanol–water partition coefficient (Wildman–Crippen LogP) is 3.37. The van der Waals surface area contributed by atoms with Crippen LogP contribution in [0.25, 0.3) is 0 Å². The van der Waals surface area contributed by atoms with Gasteiger partial charge in [-0.25, -0.2) is 8.78 Å². The van der Waals surface area contributed by atoms with Gasteiger partial charge < -0.3 is 10.1 Å². The van der Waals surface area contributed by atoms with Crippen LogP contribution in [0.4, 0.5) is 14.5 Å². The number of hydrogen-bond donors (Lipinski definition) is 1. The normalized spacial score (nSPS) is 11.8. The van der Waals surface area contributed by atoms with E-state index in [4.69, 9.17) is 4.74 Å². The number of carbonyl (C=O) groups excluding carboxylic acids is 1. The van der Waals surface area contributed by atoms with Crippen LogP contribution in [-0.4, -0.2) is 12.0 Å². The highest BCUT2D eigenvalue weighted by Crippen LogP contribution is 2.19. The van der Waals surface area contributed by atoms with E-state index in [1.54, 1.807) is 24.3 Å². The number of carbonyl (C=O) groups is 1. The van der Waals surface area contributed by atoms with Gasteiger partial charge in [0.2, 0.25) is 0 Å². The van der Waals surface area contributed by atoms with Crippen molar-refractivity contribution in [2.75, 3.05) is 5.32 Å². The molecular formula is C15H13F2NO2. The monoisotopic (exact) mass is 277 g/mol. The second-order valence-electron chi connectivity index (χ2n) is 4.16. The number of ether oxygens (including phenoxy) is 1. The van der Waals surface area contributed by atoms with E-state index in [0.717, 1.165) is 12.1 Å². The maximum Gasteiger partial charge on any atom is 0.265 e. The van der Waals surface area contributed by atoms with Gasteiger partial charge in [0.15, 0.2) is 6.10 Å². The standard InChI is InChI=1S/C15H13F2NO2/c1-10(20-11-6-3-2-4-7-11)15(19)18-14-12(16)8-5-9-13(14)17/h2-10H,1H3,(H,18,19)/t10-/m1/s1. The molecule has 0 fully saturated rings. The van der Waals surface area contributed by atoms with E-state index < -0.39 is 29.3 Å². The lowest BCUT2D eigenvalue weighted by molar-refractivity contribution is -0.122. The van der Waals surface area contributed by atoms with Crippen LogP contribution in [0.5, 0.6) is 5.75 Å². The van der Waals surface area contributed by atoms with Gasteiger partial charge in [-0.2, -0.15) is 0 Å². The zero-order valence-electron chi connectivity index (χ0n) is 10.8. The molecule has 3 nitrogen and oxygen atoms in total. The Kier molecular flexibility index (Phi) is 4.30. The Hall–Kier alpha value is -2.43. The number of hydrogen-bond acceptors (Lipinski definition) is 2. The third-order valence-electron chi connectivity index (χ3n) is 2.64. The van der Waals surface area contributed by atoms with E-state index in [2.05, 4.69) is 5.32 Å². The van der Waals surface area contributed by atoms with Crippen molar-refractivity contribution in [1.29, 1.82) is 0 Å². The fraction of sp³-hybridized carbons (Fsp3) is 0.133. The summed E-state index contributed by atoms with van der Waals surface area (Å²) in [6.07, 6.45) is -0.878. The maximum absolute atomic E-state index is 13.4. The molecule has 0 aliphatic heterocycles. The quantitative estimate of drug-likeness (QED) is 0.930. The van der Waals surface area contributed by atoms with Gasteiger partial charge in [0.25, 0.3) is 5.91 Å². The van der Waals surface area contributed by atoms with Crippen molar-refractivity contribution in [2.45, 2.75) is 13.0 Å². The summed E-state index contributed by atoms with van der Waals surface area (Å²) >= 11 is 0. The molecule has 1 N–H and O–H groups in total. The molecule has 2 aromatic carbocycles. The third-order valence-corrected chi connectivity index (χ3v) is 2.64. The summed E-state index contributed by atoms with van der Waals surface area (Å²) in [7, 11) is 0. The third kappa shape index (κ3) is 3.32. The van der Waals surface area contributed by atoms with Crippen molar-refractivity contribution in [3.63, 3.8) is 0 Å². The largest absolute Gasteiger partial charge is 0.481 e. The first kappa shape index (κ1) is 14.0. The molecule has 2 rings (SSSR count). The Balaban J connectivity index is 2.05. The SMILES string of the molecule is C[C@@H](Oc1ccccc1)C(=O)Nc1c(F)cccc1F. The lowest BCUT2D eigenvalue weighted by Gasteiger charge is -2.15. The second kappa shape index (κ2) is 6.14. The van der Waals surface area contributed by atoms with Crippen LogP contribution < -0.4 is 10.1 Å². The summed E-state index contributed by atoms with van der Waals surface area (Å²) in [6, 6.07) is 12.1. The van der Waals surface area contributed by atoms with Crippen molar-refractivity contribution in [1.82, 2.24) is 0 Å². The number of anilines is 1. The fourth-order valence-electron chi connectivity index (χ4n) is 1.60. The second-order valence-corrected chi connectivity index (χ2v) is 4.16. The molecule has 20 heavy (non-hydrogen) atoms. The lowest BCUT2D eigenvalue weighted by atomic mass is 10.2. The number of nitrogens with one attached hydrogen (secondary N) is 1. The summed E-state index contributed by atoms with van der Waals surface area (Å²) in [5.74, 6) is -1.78. The minimum atomic E-state index is -0.878. The molecule has 2 aromatic rings. The topological polar surface area (TPSA) is 38.3 Å². The first-order valence-corrected chi connectivity index (χ1v) is 6.04. The molecule has 0 spiro atoms. The van der Waals surface area contributed by atoms with Gasteiger partial charge >= 0.3 is 0 Å². The molecule has 1 atom stereocenters. The summed E-state index contributed by atoms with van der Waals surface area (Å²) in [4.78, 5) is 11.9. The summed E-state index contributed by atoms with van der Waals surface area (Å²) < 4.78 is 32.2. The van der Waals surface area contributed by atoms with Crippen molar-refractivity contribution < 1.29 is 18.3 Å². The predicted molar refractivity (Wildman–Crippen MR) is 71.5 cm³/mol. The number of rotatable bonds is 4. The zero-order chi connectivity index (χ0) is 14.5. The Bertz CT molecular complexity index is 582. The number of amides is 1. The minimum Gasteiger partial charge on any atom is -0.481 e. The molecule has 0 aliphatic rings. The van der Waals surface area contributed by atoms with Crippen LogP contribution in [0.3, 0.4) is 0 Å². The van der Waals surface area contributed by atoms with Crippen LogP contribution in [0, 0.1) is 11.6 Å². The molecule has 104 valence electrons. The van der Waals surface area contributed by atoms with E-state index in [1.807, 2.05) is 6.07 Å². The maximum atomic E-state index is 13.4. The molecule has 0 aliphatic carbocycles. The average molecular weight is 277 g/mol. The van der Waals surface area contributed by atoms with E-state index >= 15 is 0 Å². The van der Waals surface area contributed by atoms with Crippen LogP contribution in [0.15, 0.2) is 48.5 Å². The highest BCUT2D eigenvalue weighted by Gasteiger charge is 2.18. The molecular weight excluding hydrogens is 264 g/mol. The molecule has 0 saturated heterocycles. The van der Waals surface area contributed by atoms with Crippen LogP contribution >= 0.6 is 0 Å². The van der Waals surface area contributed by atoms with E-state index in [-0.39, 0.29) is 0 Å². The van der Waals surface area contributed by atoms with Gasteiger partial charge in [0.1, 0.15) is 23.1 Å². The molecule has 0 heterocycles. The molecule has 5 heteroatoms. The summed E-state index contributed by atoms with van der Waals surface area (Å²) in [6.45, 7) is 1.50. The zero-order valence-corrected chi connectivity index (χ0v) is 10.8. The van der Waals surface area contributed by atoms with Gasteiger partial charge in [-0.3, -0.25) is 4.79 Å². The van der Waals surface area contributed by atoms with Gasteiger partial charge in [-0.15, -0.1) is 0 Å². The minimum absolute atomic E-state index is 0.471. The average Bonchev–Trinajstić information content (AvgIpc) is 2.44. The van der Waals surface area contributed by atoms with Gasteiger partial charge in [0.05, 0.1) is 0 Å². The van der Waals surface area contributed by atoms with Crippen molar-refractivity contribution in [2.24, 2.45) is 0 Å². The van der Waals surface area contributed by atoms with Crippen molar-refractivity contribution in [3.05, 3.63) is 60.2 Å². The number of halogens is 2. The lowest BCUT2D eigenvalue weighted by Crippen LogP contribution is -2.30. The molecule has 0 aromatic heterocycles. The molecule has 0 radical (unpaired) electrons. The van der Waals surface area contributed by atoms with Gasteiger partial charge in [-0.1, -0.05) is 24.3 Å². The van der Waals surface area contributed by atoms with Gasteiger partial charge in [0, 0.05) is 0 Å². The number of benzene rings is 2. The molecule has 0 unspecified atom stereocenters. The summed E-state index contributed by atoms with van der Waals surface area (Å²) in [5, 5.41) is 2.18. The summed E-state index contributed by atoms with van der Waals surface area (Å²) in [5.41, 5.74) is -0.471. The van der Waals surface area contributed by atoms with Crippen molar-refractivity contribution in [3.8, 4) is 5.75 Å². The van der Waals surface area contributed by atoms with Gasteiger partial charge in [-0.05, 0) is 31.2 Å². The first-order valence-electron chi connectivity index (χ1n) is 6.04. The molecule has 1 amide bonds. The van der Waals surface area contributed by atoms with Crippen LogP contribution in [0.2, 0.25) is 0 Å². The molecule has 0 bridgehead atoms. The smallest absolute Gasteiger partial charge is 0.265 e. The van der Waals surface area contributed by atoms with E-state index in [0.29, 0.717) is 5.75 Å². The highest BCUT2D eigenvalue weighted by atomic mass is 19.1. The van der Waals surface area contributed by atoms with E-state index in [1.165, 1.54) is 13.0 Å². The Morgan fingerprint density at radius 1 is 1.05 bits per heavy atom. The Morgan fingerprint density at radius 2 is 1.65 bits per heavy atom.